The van der Waals surface area contributed by atoms with E-state index in [2.05, 4.69) is 94.1 Å². The highest BCUT2D eigenvalue weighted by molar-refractivity contribution is 5.27. The number of rotatable bonds is 6. The zero-order valence-corrected chi connectivity index (χ0v) is 20.9. The number of nitrogens with zero attached hydrogens (tertiary/aromatic N) is 1. The minimum Gasteiger partial charge on any atom is -0.303 e. The molecule has 1 heterocycles. The number of hydrogen-bond donors (Lipinski definition) is 0. The molecule has 1 heteroatoms. The van der Waals surface area contributed by atoms with Crippen molar-refractivity contribution < 1.29 is 0 Å². The Hall–Kier alpha value is -1.60. The summed E-state index contributed by atoms with van der Waals surface area (Å²) in [5.74, 6) is 0.865. The highest BCUT2D eigenvalue weighted by Crippen LogP contribution is 2.29. The lowest BCUT2D eigenvalue weighted by atomic mass is 9.81. The van der Waals surface area contributed by atoms with Gasteiger partial charge < -0.3 is 4.90 Å². The van der Waals surface area contributed by atoms with E-state index in [9.17, 15) is 0 Å². The Kier molecular flexibility index (Phi) is 12.7. The van der Waals surface area contributed by atoms with E-state index >= 15 is 0 Å². The van der Waals surface area contributed by atoms with Gasteiger partial charge in [-0.3, -0.25) is 0 Å². The van der Waals surface area contributed by atoms with E-state index in [4.69, 9.17) is 0 Å². The molecule has 168 valence electrons. The number of benzene rings is 2. The monoisotopic (exact) mass is 409 g/mol. The maximum Gasteiger partial charge on any atom is -0.00104 e. The van der Waals surface area contributed by atoms with E-state index in [1.54, 1.807) is 0 Å². The van der Waals surface area contributed by atoms with Gasteiger partial charge in [-0.2, -0.15) is 0 Å². The molecule has 0 bridgehead atoms. The Morgan fingerprint density at radius 1 is 0.867 bits per heavy atom. The fraction of sp³-hybridized carbons (Fsp3) is 0.586. The van der Waals surface area contributed by atoms with Crippen LogP contribution in [0, 0.1) is 12.8 Å². The predicted molar refractivity (Wildman–Crippen MR) is 135 cm³/mol. The minimum absolute atomic E-state index is 0.259. The van der Waals surface area contributed by atoms with Gasteiger partial charge in [0.2, 0.25) is 0 Å². The fourth-order valence-corrected chi connectivity index (χ4v) is 3.95. The summed E-state index contributed by atoms with van der Waals surface area (Å²) >= 11 is 0. The Labute approximate surface area is 187 Å². The summed E-state index contributed by atoms with van der Waals surface area (Å²) < 4.78 is 0. The highest BCUT2D eigenvalue weighted by atomic mass is 15.1. The molecule has 0 N–H and O–H groups in total. The number of piperidine rings is 1. The quantitative estimate of drug-likeness (QED) is 0.466. The first kappa shape index (κ1) is 26.4. The molecule has 30 heavy (non-hydrogen) atoms. The topological polar surface area (TPSA) is 3.24 Å². The molecule has 2 aromatic rings. The predicted octanol–water partition coefficient (Wildman–Crippen LogP) is 8.06. The van der Waals surface area contributed by atoms with Crippen molar-refractivity contribution in [1.29, 1.82) is 0 Å². The second kappa shape index (κ2) is 14.4. The standard InChI is InChI=1S/C24H33N.C3H8.C2H6/c1-20-9-11-23(12-10-20)24(2,3)15-18-25-16-13-22(14-17-25)19-21-7-5-4-6-8-21;1-3-2;1-2/h4-12,22H,13-19H2,1-3H3;3H2,1-2H3;1-2H3. The molecule has 0 saturated carbocycles. The molecule has 0 aromatic heterocycles. The number of likely N-dealkylation sites (tertiary alicyclic amines) is 1. The van der Waals surface area contributed by atoms with Crippen LogP contribution in [0.25, 0.3) is 0 Å². The molecule has 0 amide bonds. The van der Waals surface area contributed by atoms with Crippen LogP contribution in [0.3, 0.4) is 0 Å². The van der Waals surface area contributed by atoms with Crippen LogP contribution in [0.5, 0.6) is 0 Å². The Morgan fingerprint density at radius 3 is 1.93 bits per heavy atom. The average Bonchev–Trinajstić information content (AvgIpc) is 2.76. The van der Waals surface area contributed by atoms with Gasteiger partial charge in [0.25, 0.3) is 0 Å². The van der Waals surface area contributed by atoms with E-state index in [0.717, 1.165) is 5.92 Å². The molecule has 1 fully saturated rings. The summed E-state index contributed by atoms with van der Waals surface area (Å²) in [6, 6.07) is 20.1. The smallest absolute Gasteiger partial charge is 0.00104 e. The summed E-state index contributed by atoms with van der Waals surface area (Å²) in [4.78, 5) is 2.68. The van der Waals surface area contributed by atoms with Gasteiger partial charge in [0.15, 0.2) is 0 Å². The lowest BCUT2D eigenvalue weighted by molar-refractivity contribution is 0.172. The van der Waals surface area contributed by atoms with E-state index in [1.165, 1.54) is 68.4 Å². The second-order valence-corrected chi connectivity index (χ2v) is 9.18. The van der Waals surface area contributed by atoms with E-state index < -0.39 is 0 Å². The van der Waals surface area contributed by atoms with Crippen molar-refractivity contribution in [2.75, 3.05) is 19.6 Å². The zero-order valence-electron chi connectivity index (χ0n) is 20.9. The molecule has 0 radical (unpaired) electrons. The molecular weight excluding hydrogens is 362 g/mol. The van der Waals surface area contributed by atoms with Gasteiger partial charge in [0, 0.05) is 0 Å². The molecule has 0 aliphatic carbocycles. The first-order valence-electron chi connectivity index (χ1n) is 12.3. The molecule has 0 spiro atoms. The van der Waals surface area contributed by atoms with Crippen molar-refractivity contribution in [2.24, 2.45) is 5.92 Å². The SMILES string of the molecule is CC.CCC.Cc1ccc(C(C)(C)CCN2CCC(Cc3ccccc3)CC2)cc1. The maximum atomic E-state index is 2.68. The van der Waals surface area contributed by atoms with Crippen molar-refractivity contribution in [3.05, 3.63) is 71.3 Å². The van der Waals surface area contributed by atoms with Crippen LogP contribution in [0.1, 0.15) is 83.9 Å². The summed E-state index contributed by atoms with van der Waals surface area (Å²) in [5.41, 5.74) is 4.58. The third kappa shape index (κ3) is 9.47. The molecular formula is C29H47N. The van der Waals surface area contributed by atoms with Crippen LogP contribution in [0.4, 0.5) is 0 Å². The van der Waals surface area contributed by atoms with Crippen molar-refractivity contribution in [3.63, 3.8) is 0 Å². The normalized spacial score (nSPS) is 14.9. The van der Waals surface area contributed by atoms with E-state index in [1.807, 2.05) is 13.8 Å². The van der Waals surface area contributed by atoms with Gasteiger partial charge in [-0.1, -0.05) is 108 Å². The first-order chi connectivity index (χ1) is 14.4. The van der Waals surface area contributed by atoms with Crippen LogP contribution in [-0.4, -0.2) is 24.5 Å². The Balaban J connectivity index is 0.000000826. The summed E-state index contributed by atoms with van der Waals surface area (Å²) in [7, 11) is 0. The van der Waals surface area contributed by atoms with Crippen molar-refractivity contribution in [2.45, 2.75) is 86.0 Å². The van der Waals surface area contributed by atoms with E-state index in [-0.39, 0.29) is 5.41 Å². The van der Waals surface area contributed by atoms with Gasteiger partial charge >= 0.3 is 0 Å². The molecule has 3 rings (SSSR count). The molecule has 1 aliphatic heterocycles. The molecule has 1 saturated heterocycles. The van der Waals surface area contributed by atoms with Crippen LogP contribution >= 0.6 is 0 Å². The Morgan fingerprint density at radius 2 is 1.40 bits per heavy atom. The third-order valence-corrected chi connectivity index (χ3v) is 5.96. The van der Waals surface area contributed by atoms with Gasteiger partial charge in [0.1, 0.15) is 0 Å². The van der Waals surface area contributed by atoms with Crippen LogP contribution in [0.2, 0.25) is 0 Å². The summed E-state index contributed by atoms with van der Waals surface area (Å²) in [6.45, 7) is 18.9. The fourth-order valence-electron chi connectivity index (χ4n) is 3.95. The molecule has 0 atom stereocenters. The van der Waals surface area contributed by atoms with Gasteiger partial charge in [-0.15, -0.1) is 0 Å². The second-order valence-electron chi connectivity index (χ2n) is 9.18. The van der Waals surface area contributed by atoms with Crippen molar-refractivity contribution >= 4 is 0 Å². The first-order valence-corrected chi connectivity index (χ1v) is 12.3. The van der Waals surface area contributed by atoms with Crippen molar-refractivity contribution in [1.82, 2.24) is 4.90 Å². The van der Waals surface area contributed by atoms with Gasteiger partial charge in [-0.25, -0.2) is 0 Å². The van der Waals surface area contributed by atoms with Crippen LogP contribution < -0.4 is 0 Å². The van der Waals surface area contributed by atoms with Crippen molar-refractivity contribution in [3.8, 4) is 0 Å². The van der Waals surface area contributed by atoms with Gasteiger partial charge in [-0.05, 0) is 74.7 Å². The summed E-state index contributed by atoms with van der Waals surface area (Å²) in [6.07, 6.45) is 6.43. The maximum absolute atomic E-state index is 2.68. The van der Waals surface area contributed by atoms with Crippen LogP contribution in [-0.2, 0) is 11.8 Å². The zero-order chi connectivity index (χ0) is 22.4. The number of aryl methyl sites for hydroxylation is 1. The lowest BCUT2D eigenvalue weighted by Gasteiger charge is -2.35. The number of hydrogen-bond acceptors (Lipinski definition) is 1. The lowest BCUT2D eigenvalue weighted by Crippen LogP contribution is -2.37. The Bertz CT molecular complexity index is 649. The largest absolute Gasteiger partial charge is 0.303 e. The molecule has 0 unspecified atom stereocenters. The van der Waals surface area contributed by atoms with E-state index in [0.29, 0.717) is 0 Å². The highest BCUT2D eigenvalue weighted by Gasteiger charge is 2.24. The molecule has 1 aliphatic rings. The minimum atomic E-state index is 0.259. The summed E-state index contributed by atoms with van der Waals surface area (Å²) in [5, 5.41) is 0. The average molecular weight is 410 g/mol. The van der Waals surface area contributed by atoms with Gasteiger partial charge in [0.05, 0.1) is 0 Å². The molecule has 1 nitrogen and oxygen atoms in total. The third-order valence-electron chi connectivity index (χ3n) is 5.96. The molecule has 2 aromatic carbocycles. The van der Waals surface area contributed by atoms with Crippen LogP contribution in [0.15, 0.2) is 54.6 Å².